The van der Waals surface area contributed by atoms with Gasteiger partial charge in [-0.05, 0) is 37.2 Å². The van der Waals surface area contributed by atoms with Crippen molar-refractivity contribution in [1.29, 1.82) is 0 Å². The van der Waals surface area contributed by atoms with Gasteiger partial charge in [-0.2, -0.15) is 0 Å². The normalized spacial score (nSPS) is 15.8. The number of carbonyl (C=O) groups is 1. The molecule has 1 aliphatic rings. The second-order valence-corrected chi connectivity index (χ2v) is 5.29. The molecule has 2 amide bonds. The third kappa shape index (κ3) is 5.61. The van der Waals surface area contributed by atoms with Gasteiger partial charge < -0.3 is 15.4 Å². The number of amides is 2. The summed E-state index contributed by atoms with van der Waals surface area (Å²) in [5.74, 6) is 0.776. The van der Waals surface area contributed by atoms with E-state index in [1.807, 2.05) is 30.3 Å². The molecule has 0 spiro atoms. The molecule has 0 bridgehead atoms. The minimum absolute atomic E-state index is 0.0826. The van der Waals surface area contributed by atoms with Gasteiger partial charge in [0, 0.05) is 26.3 Å². The largest absolute Gasteiger partial charge is 0.381 e. The van der Waals surface area contributed by atoms with Gasteiger partial charge in [0.2, 0.25) is 0 Å². The number of hydrogen-bond acceptors (Lipinski definition) is 2. The van der Waals surface area contributed by atoms with Gasteiger partial charge >= 0.3 is 6.03 Å². The highest BCUT2D eigenvalue weighted by atomic mass is 16.5. The monoisotopic (exact) mass is 276 g/mol. The van der Waals surface area contributed by atoms with Crippen LogP contribution in [0.5, 0.6) is 0 Å². The van der Waals surface area contributed by atoms with E-state index in [9.17, 15) is 4.79 Å². The molecular formula is C16H24N2O2. The van der Waals surface area contributed by atoms with E-state index in [2.05, 4.69) is 10.6 Å². The molecule has 0 unspecified atom stereocenters. The zero-order valence-corrected chi connectivity index (χ0v) is 11.9. The van der Waals surface area contributed by atoms with Gasteiger partial charge in [-0.3, -0.25) is 0 Å². The zero-order valence-electron chi connectivity index (χ0n) is 11.9. The molecule has 1 saturated heterocycles. The van der Waals surface area contributed by atoms with Crippen molar-refractivity contribution in [2.45, 2.75) is 32.2 Å². The number of hydrogen-bond donors (Lipinski definition) is 2. The molecule has 20 heavy (non-hydrogen) atoms. The summed E-state index contributed by atoms with van der Waals surface area (Å²) in [7, 11) is 0. The Morgan fingerprint density at radius 2 is 1.90 bits per heavy atom. The van der Waals surface area contributed by atoms with Crippen molar-refractivity contribution in [2.24, 2.45) is 5.92 Å². The van der Waals surface area contributed by atoms with Crippen LogP contribution in [-0.2, 0) is 11.3 Å². The van der Waals surface area contributed by atoms with Crippen LogP contribution in [0.3, 0.4) is 0 Å². The van der Waals surface area contributed by atoms with E-state index in [0.717, 1.165) is 37.7 Å². The maximum absolute atomic E-state index is 11.6. The fourth-order valence-electron chi connectivity index (χ4n) is 2.47. The van der Waals surface area contributed by atoms with Crippen LogP contribution in [0.4, 0.5) is 4.79 Å². The average Bonchev–Trinajstić information content (AvgIpc) is 2.52. The van der Waals surface area contributed by atoms with E-state index in [1.54, 1.807) is 0 Å². The van der Waals surface area contributed by atoms with Gasteiger partial charge in [-0.1, -0.05) is 30.3 Å². The van der Waals surface area contributed by atoms with Crippen molar-refractivity contribution in [3.8, 4) is 0 Å². The molecule has 2 N–H and O–H groups in total. The summed E-state index contributed by atoms with van der Waals surface area (Å²) < 4.78 is 5.34. The Morgan fingerprint density at radius 1 is 1.15 bits per heavy atom. The lowest BCUT2D eigenvalue weighted by molar-refractivity contribution is 0.0634. The molecule has 1 aromatic carbocycles. The second-order valence-electron chi connectivity index (χ2n) is 5.29. The topological polar surface area (TPSA) is 50.4 Å². The summed E-state index contributed by atoms with van der Waals surface area (Å²) >= 11 is 0. The fourth-order valence-corrected chi connectivity index (χ4v) is 2.47. The van der Waals surface area contributed by atoms with Gasteiger partial charge in [0.1, 0.15) is 0 Å². The highest BCUT2D eigenvalue weighted by molar-refractivity contribution is 5.73. The minimum atomic E-state index is -0.0826. The molecule has 4 heteroatoms. The lowest BCUT2D eigenvalue weighted by atomic mass is 9.95. The van der Waals surface area contributed by atoms with Crippen molar-refractivity contribution in [1.82, 2.24) is 10.6 Å². The highest BCUT2D eigenvalue weighted by Gasteiger charge is 2.13. The standard InChI is InChI=1S/C16H24N2O2/c19-16(18-13-15-5-2-1-3-6-15)17-10-4-7-14-8-11-20-12-9-14/h1-3,5-6,14H,4,7-13H2,(H2,17,18,19). The predicted molar refractivity (Wildman–Crippen MR) is 79.5 cm³/mol. The van der Waals surface area contributed by atoms with Crippen LogP contribution in [0.15, 0.2) is 30.3 Å². The first-order chi connectivity index (χ1) is 9.84. The van der Waals surface area contributed by atoms with Crippen LogP contribution in [0.25, 0.3) is 0 Å². The minimum Gasteiger partial charge on any atom is -0.381 e. The van der Waals surface area contributed by atoms with Gasteiger partial charge in [-0.25, -0.2) is 4.79 Å². The molecule has 0 saturated carbocycles. The number of nitrogens with one attached hydrogen (secondary N) is 2. The van der Waals surface area contributed by atoms with E-state index in [4.69, 9.17) is 4.74 Å². The van der Waals surface area contributed by atoms with Crippen LogP contribution < -0.4 is 10.6 Å². The lowest BCUT2D eigenvalue weighted by Crippen LogP contribution is -2.35. The Balaban J connectivity index is 1.51. The summed E-state index contributed by atoms with van der Waals surface area (Å²) in [6, 6.07) is 9.85. The van der Waals surface area contributed by atoms with Crippen LogP contribution in [0, 0.1) is 5.92 Å². The van der Waals surface area contributed by atoms with Crippen LogP contribution in [-0.4, -0.2) is 25.8 Å². The van der Waals surface area contributed by atoms with E-state index in [0.29, 0.717) is 6.54 Å². The maximum atomic E-state index is 11.6. The summed E-state index contributed by atoms with van der Waals surface area (Å²) in [5, 5.41) is 5.78. The van der Waals surface area contributed by atoms with Gasteiger partial charge in [0.15, 0.2) is 0 Å². The highest BCUT2D eigenvalue weighted by Crippen LogP contribution is 2.19. The third-order valence-corrected chi connectivity index (χ3v) is 3.71. The molecule has 1 fully saturated rings. The van der Waals surface area contributed by atoms with Crippen molar-refractivity contribution in [3.05, 3.63) is 35.9 Å². The van der Waals surface area contributed by atoms with Gasteiger partial charge in [0.05, 0.1) is 0 Å². The smallest absolute Gasteiger partial charge is 0.315 e. The van der Waals surface area contributed by atoms with Crippen molar-refractivity contribution in [3.63, 3.8) is 0 Å². The fraction of sp³-hybridized carbons (Fsp3) is 0.562. The SMILES string of the molecule is O=C(NCCCC1CCOCC1)NCc1ccccc1. The Kier molecular flexibility index (Phi) is 6.38. The van der Waals surface area contributed by atoms with E-state index < -0.39 is 0 Å². The first-order valence-corrected chi connectivity index (χ1v) is 7.48. The van der Waals surface area contributed by atoms with Crippen LogP contribution in [0.1, 0.15) is 31.2 Å². The number of rotatable bonds is 6. The molecule has 110 valence electrons. The summed E-state index contributed by atoms with van der Waals surface area (Å²) in [4.78, 5) is 11.6. The molecule has 0 radical (unpaired) electrons. The average molecular weight is 276 g/mol. The third-order valence-electron chi connectivity index (χ3n) is 3.71. The van der Waals surface area contributed by atoms with Crippen molar-refractivity contribution >= 4 is 6.03 Å². The number of urea groups is 1. The Morgan fingerprint density at radius 3 is 2.65 bits per heavy atom. The van der Waals surface area contributed by atoms with Gasteiger partial charge in [-0.15, -0.1) is 0 Å². The predicted octanol–water partition coefficient (Wildman–Crippen LogP) is 2.69. The summed E-state index contributed by atoms with van der Waals surface area (Å²) in [6.45, 7) is 3.12. The molecule has 0 atom stereocenters. The first-order valence-electron chi connectivity index (χ1n) is 7.48. The Bertz CT molecular complexity index is 389. The lowest BCUT2D eigenvalue weighted by Gasteiger charge is -2.21. The van der Waals surface area contributed by atoms with Crippen molar-refractivity contribution in [2.75, 3.05) is 19.8 Å². The summed E-state index contributed by atoms with van der Waals surface area (Å²) in [5.41, 5.74) is 1.12. The Labute approximate surface area is 120 Å². The molecule has 1 aromatic rings. The molecule has 4 nitrogen and oxygen atoms in total. The molecule has 0 aromatic heterocycles. The zero-order chi connectivity index (χ0) is 14.0. The quantitative estimate of drug-likeness (QED) is 0.785. The molecule has 0 aliphatic carbocycles. The second kappa shape index (κ2) is 8.59. The summed E-state index contributed by atoms with van der Waals surface area (Å²) in [6.07, 6.45) is 4.56. The molecule has 1 heterocycles. The number of benzene rings is 1. The first kappa shape index (κ1) is 14.9. The molecule has 2 rings (SSSR count). The molecular weight excluding hydrogens is 252 g/mol. The number of ether oxygens (including phenoxy) is 1. The maximum Gasteiger partial charge on any atom is 0.315 e. The molecule has 1 aliphatic heterocycles. The number of carbonyl (C=O) groups excluding carboxylic acids is 1. The van der Waals surface area contributed by atoms with Crippen LogP contribution in [0.2, 0.25) is 0 Å². The van der Waals surface area contributed by atoms with Crippen LogP contribution >= 0.6 is 0 Å². The van der Waals surface area contributed by atoms with E-state index >= 15 is 0 Å². The van der Waals surface area contributed by atoms with E-state index in [1.165, 1.54) is 19.3 Å². The Hall–Kier alpha value is -1.55. The van der Waals surface area contributed by atoms with Gasteiger partial charge in [0.25, 0.3) is 0 Å². The van der Waals surface area contributed by atoms with Crippen molar-refractivity contribution < 1.29 is 9.53 Å². The van der Waals surface area contributed by atoms with E-state index in [-0.39, 0.29) is 6.03 Å².